The standard InChI is InChI=1S/C16H24N4O4/c17-9-12(8-11-4-3-7-18-14(11)22)20-13(21)10-19-15(23)16(24)5-1-2-6-16/h11-12,24H,1-8,10H2,(H,18,22)(H,19,23)(H,20,21)/t11-,12?/m0/s1. The van der Waals surface area contributed by atoms with Gasteiger partial charge in [0.15, 0.2) is 0 Å². The largest absolute Gasteiger partial charge is 0.380 e. The molecule has 24 heavy (non-hydrogen) atoms. The van der Waals surface area contributed by atoms with E-state index in [-0.39, 0.29) is 24.8 Å². The SMILES string of the molecule is N#CC(C[C@@H]1CCCNC1=O)NC(=O)CNC(=O)C1(O)CCCC1. The van der Waals surface area contributed by atoms with E-state index in [1.807, 2.05) is 6.07 Å². The summed E-state index contributed by atoms with van der Waals surface area (Å²) in [6, 6.07) is 1.20. The van der Waals surface area contributed by atoms with Gasteiger partial charge in [0, 0.05) is 12.5 Å². The molecule has 1 aliphatic heterocycles. The molecule has 3 amide bonds. The molecule has 1 heterocycles. The number of carbonyl (C=O) groups excluding carboxylic acids is 3. The number of carbonyl (C=O) groups is 3. The van der Waals surface area contributed by atoms with Crippen molar-refractivity contribution >= 4 is 17.7 Å². The van der Waals surface area contributed by atoms with E-state index in [0.29, 0.717) is 25.8 Å². The van der Waals surface area contributed by atoms with Gasteiger partial charge in [-0.3, -0.25) is 14.4 Å². The van der Waals surface area contributed by atoms with Gasteiger partial charge < -0.3 is 21.1 Å². The highest BCUT2D eigenvalue weighted by atomic mass is 16.3. The molecule has 1 aliphatic carbocycles. The minimum atomic E-state index is -1.38. The fourth-order valence-corrected chi connectivity index (χ4v) is 3.25. The van der Waals surface area contributed by atoms with Gasteiger partial charge in [0.25, 0.3) is 5.91 Å². The van der Waals surface area contributed by atoms with Crippen LogP contribution in [0.25, 0.3) is 0 Å². The quantitative estimate of drug-likeness (QED) is 0.511. The zero-order chi connectivity index (χ0) is 17.6. The van der Waals surface area contributed by atoms with E-state index in [2.05, 4.69) is 16.0 Å². The zero-order valence-corrected chi connectivity index (χ0v) is 13.6. The van der Waals surface area contributed by atoms with Crippen molar-refractivity contribution in [3.05, 3.63) is 0 Å². The zero-order valence-electron chi connectivity index (χ0n) is 13.6. The molecule has 2 rings (SSSR count). The maximum absolute atomic E-state index is 11.9. The first kappa shape index (κ1) is 18.2. The highest BCUT2D eigenvalue weighted by Gasteiger charge is 2.38. The van der Waals surface area contributed by atoms with E-state index in [1.165, 1.54) is 0 Å². The predicted molar refractivity (Wildman–Crippen MR) is 84.3 cm³/mol. The second-order valence-corrected chi connectivity index (χ2v) is 6.54. The number of nitrogens with one attached hydrogen (secondary N) is 3. The molecule has 8 nitrogen and oxygen atoms in total. The summed E-state index contributed by atoms with van der Waals surface area (Å²) >= 11 is 0. The van der Waals surface area contributed by atoms with Gasteiger partial charge in [-0.2, -0.15) is 5.26 Å². The van der Waals surface area contributed by atoms with Gasteiger partial charge in [0.05, 0.1) is 12.6 Å². The number of nitrogens with zero attached hydrogens (tertiary/aromatic N) is 1. The summed E-state index contributed by atoms with van der Waals surface area (Å²) in [5.74, 6) is -1.42. The van der Waals surface area contributed by atoms with Gasteiger partial charge in [-0.05, 0) is 44.9 Å². The Balaban J connectivity index is 1.76. The molecule has 0 bridgehead atoms. The summed E-state index contributed by atoms with van der Waals surface area (Å²) < 4.78 is 0. The molecule has 132 valence electrons. The summed E-state index contributed by atoms with van der Waals surface area (Å²) in [6.45, 7) is 0.351. The molecule has 2 aliphatic rings. The topological polar surface area (TPSA) is 131 Å². The molecule has 8 heteroatoms. The number of rotatable bonds is 6. The molecular weight excluding hydrogens is 312 g/mol. The Hall–Kier alpha value is -2.14. The van der Waals surface area contributed by atoms with Gasteiger partial charge in [0.1, 0.15) is 11.6 Å². The lowest BCUT2D eigenvalue weighted by Crippen LogP contribution is -2.49. The minimum absolute atomic E-state index is 0.0903. The summed E-state index contributed by atoms with van der Waals surface area (Å²) in [5.41, 5.74) is -1.38. The van der Waals surface area contributed by atoms with E-state index in [1.54, 1.807) is 0 Å². The maximum Gasteiger partial charge on any atom is 0.252 e. The molecule has 0 aromatic rings. The van der Waals surface area contributed by atoms with Crippen molar-refractivity contribution in [2.75, 3.05) is 13.1 Å². The maximum atomic E-state index is 11.9. The van der Waals surface area contributed by atoms with Gasteiger partial charge >= 0.3 is 0 Å². The molecule has 2 atom stereocenters. The fourth-order valence-electron chi connectivity index (χ4n) is 3.25. The van der Waals surface area contributed by atoms with Crippen molar-refractivity contribution in [2.24, 2.45) is 5.92 Å². The Kier molecular flexibility index (Phi) is 6.15. The van der Waals surface area contributed by atoms with Crippen LogP contribution >= 0.6 is 0 Å². The number of hydrogen-bond donors (Lipinski definition) is 4. The monoisotopic (exact) mass is 336 g/mol. The number of aliphatic hydroxyl groups is 1. The third-order valence-corrected chi connectivity index (χ3v) is 4.67. The lowest BCUT2D eigenvalue weighted by Gasteiger charge is -2.24. The number of nitriles is 1. The van der Waals surface area contributed by atoms with Crippen LogP contribution in [-0.4, -0.2) is 47.6 Å². The van der Waals surface area contributed by atoms with Crippen LogP contribution in [0.5, 0.6) is 0 Å². The second-order valence-electron chi connectivity index (χ2n) is 6.54. The van der Waals surface area contributed by atoms with Crippen molar-refractivity contribution in [1.82, 2.24) is 16.0 Å². The lowest BCUT2D eigenvalue weighted by molar-refractivity contribution is -0.140. The molecular formula is C16H24N4O4. The third-order valence-electron chi connectivity index (χ3n) is 4.67. The van der Waals surface area contributed by atoms with Crippen molar-refractivity contribution in [1.29, 1.82) is 5.26 Å². The average Bonchev–Trinajstić information content (AvgIpc) is 3.02. The highest BCUT2D eigenvalue weighted by molar-refractivity contribution is 5.89. The van der Waals surface area contributed by atoms with E-state index in [0.717, 1.165) is 19.3 Å². The van der Waals surface area contributed by atoms with E-state index in [9.17, 15) is 19.5 Å². The Morgan fingerprint density at radius 3 is 2.71 bits per heavy atom. The predicted octanol–water partition coefficient (Wildman–Crippen LogP) is -0.668. The minimum Gasteiger partial charge on any atom is -0.380 e. The van der Waals surface area contributed by atoms with Gasteiger partial charge in [-0.1, -0.05) is 0 Å². The fraction of sp³-hybridized carbons (Fsp3) is 0.750. The summed E-state index contributed by atoms with van der Waals surface area (Å²) in [6.07, 6.45) is 4.19. The van der Waals surface area contributed by atoms with Crippen LogP contribution in [-0.2, 0) is 14.4 Å². The molecule has 1 unspecified atom stereocenters. The van der Waals surface area contributed by atoms with Crippen LogP contribution in [0.2, 0.25) is 0 Å². The molecule has 0 aromatic carbocycles. The van der Waals surface area contributed by atoms with E-state index >= 15 is 0 Å². The molecule has 0 spiro atoms. The molecule has 2 fully saturated rings. The van der Waals surface area contributed by atoms with Crippen molar-refractivity contribution in [2.45, 2.75) is 56.6 Å². The Bertz CT molecular complexity index is 537. The molecule has 0 radical (unpaired) electrons. The summed E-state index contributed by atoms with van der Waals surface area (Å²) in [5, 5.41) is 26.9. The second kappa shape index (κ2) is 8.11. The Morgan fingerprint density at radius 1 is 1.38 bits per heavy atom. The Labute approximate surface area is 141 Å². The van der Waals surface area contributed by atoms with Crippen LogP contribution in [0.15, 0.2) is 0 Å². The van der Waals surface area contributed by atoms with E-state index in [4.69, 9.17) is 5.26 Å². The number of amides is 3. The first-order chi connectivity index (χ1) is 11.4. The summed E-state index contributed by atoms with van der Waals surface area (Å²) in [4.78, 5) is 35.5. The van der Waals surface area contributed by atoms with Crippen molar-refractivity contribution in [3.8, 4) is 6.07 Å². The smallest absolute Gasteiger partial charge is 0.252 e. The molecule has 4 N–H and O–H groups in total. The molecule has 1 saturated heterocycles. The van der Waals surface area contributed by atoms with Gasteiger partial charge in [-0.15, -0.1) is 0 Å². The highest BCUT2D eigenvalue weighted by Crippen LogP contribution is 2.29. The van der Waals surface area contributed by atoms with Gasteiger partial charge in [0.2, 0.25) is 11.8 Å². The lowest BCUT2D eigenvalue weighted by atomic mass is 9.92. The molecule has 1 saturated carbocycles. The number of piperidine rings is 1. The first-order valence-electron chi connectivity index (χ1n) is 8.42. The van der Waals surface area contributed by atoms with Crippen LogP contribution in [0.4, 0.5) is 0 Å². The van der Waals surface area contributed by atoms with E-state index < -0.39 is 23.5 Å². The molecule has 0 aromatic heterocycles. The first-order valence-corrected chi connectivity index (χ1v) is 8.42. The van der Waals surface area contributed by atoms with Gasteiger partial charge in [-0.25, -0.2) is 0 Å². The normalized spacial score (nSPS) is 23.7. The summed E-state index contributed by atoms with van der Waals surface area (Å²) in [7, 11) is 0. The average molecular weight is 336 g/mol. The third kappa shape index (κ3) is 4.68. The van der Waals surface area contributed by atoms with Crippen molar-refractivity contribution in [3.63, 3.8) is 0 Å². The Morgan fingerprint density at radius 2 is 2.08 bits per heavy atom. The van der Waals surface area contributed by atoms with Crippen LogP contribution in [0.1, 0.15) is 44.9 Å². The number of hydrogen-bond acceptors (Lipinski definition) is 5. The van der Waals surface area contributed by atoms with Crippen LogP contribution in [0, 0.1) is 17.2 Å². The van der Waals surface area contributed by atoms with Crippen LogP contribution in [0.3, 0.4) is 0 Å². The van der Waals surface area contributed by atoms with Crippen molar-refractivity contribution < 1.29 is 19.5 Å². The van der Waals surface area contributed by atoms with Crippen LogP contribution < -0.4 is 16.0 Å².